The highest BCUT2D eigenvalue weighted by Gasteiger charge is 2.32. The molecule has 1 fully saturated rings. The van der Waals surface area contributed by atoms with Gasteiger partial charge in [0.25, 0.3) is 0 Å². The van der Waals surface area contributed by atoms with Gasteiger partial charge in [-0.1, -0.05) is 30.3 Å². The summed E-state index contributed by atoms with van der Waals surface area (Å²) in [6.45, 7) is 1.12. The molecule has 0 spiro atoms. The number of para-hydroxylation sites is 1. The van der Waals surface area contributed by atoms with E-state index in [1.165, 1.54) is 24.0 Å². The third-order valence-electron chi connectivity index (χ3n) is 5.08. The van der Waals surface area contributed by atoms with Crippen LogP contribution in [0.2, 0.25) is 0 Å². The number of anilines is 1. The van der Waals surface area contributed by atoms with E-state index >= 15 is 0 Å². The third-order valence-corrected chi connectivity index (χ3v) is 5.08. The molecule has 1 aliphatic carbocycles. The number of benzene rings is 2. The van der Waals surface area contributed by atoms with Gasteiger partial charge in [0.1, 0.15) is 5.75 Å². The molecule has 4 rings (SSSR count). The summed E-state index contributed by atoms with van der Waals surface area (Å²) in [6, 6.07) is 16.0. The maximum absolute atomic E-state index is 12.2. The van der Waals surface area contributed by atoms with Gasteiger partial charge in [-0.05, 0) is 67.5 Å². The molecule has 0 saturated carbocycles. The van der Waals surface area contributed by atoms with Crippen LogP contribution >= 0.6 is 12.4 Å². The summed E-state index contributed by atoms with van der Waals surface area (Å²) in [5.41, 5.74) is 3.29. The summed E-state index contributed by atoms with van der Waals surface area (Å²) >= 11 is 0. The Morgan fingerprint density at radius 3 is 2.76 bits per heavy atom. The lowest BCUT2D eigenvalue weighted by Crippen LogP contribution is -2.42. The van der Waals surface area contributed by atoms with Crippen LogP contribution in [0.3, 0.4) is 0 Å². The SMILES string of the molecule is Cl.O=C(Nc1ccccc1)Oc1cccc2c1CC[C@@H]1NCCC[C@@H]21. The Bertz CT molecular complexity index is 736. The first-order valence-corrected chi connectivity index (χ1v) is 8.70. The van der Waals surface area contributed by atoms with Crippen molar-refractivity contribution in [2.75, 3.05) is 11.9 Å². The lowest BCUT2D eigenvalue weighted by molar-refractivity contribution is 0.214. The number of carbonyl (C=O) groups is 1. The number of halogens is 1. The molecule has 2 aromatic carbocycles. The molecule has 2 N–H and O–H groups in total. The molecule has 1 amide bonds. The lowest BCUT2D eigenvalue weighted by atomic mass is 9.75. The Kier molecular flexibility index (Phi) is 5.61. The van der Waals surface area contributed by atoms with Gasteiger partial charge in [-0.15, -0.1) is 12.4 Å². The minimum Gasteiger partial charge on any atom is -0.410 e. The lowest BCUT2D eigenvalue weighted by Gasteiger charge is -2.38. The number of piperidine rings is 1. The number of ether oxygens (including phenoxy) is 1. The van der Waals surface area contributed by atoms with Gasteiger partial charge in [0.15, 0.2) is 0 Å². The van der Waals surface area contributed by atoms with E-state index in [1.807, 2.05) is 42.5 Å². The number of hydrogen-bond acceptors (Lipinski definition) is 3. The molecule has 4 nitrogen and oxygen atoms in total. The van der Waals surface area contributed by atoms with Gasteiger partial charge >= 0.3 is 6.09 Å². The molecule has 0 radical (unpaired) electrons. The van der Waals surface area contributed by atoms with E-state index in [-0.39, 0.29) is 12.4 Å². The minimum absolute atomic E-state index is 0. The van der Waals surface area contributed by atoms with Crippen molar-refractivity contribution in [1.29, 1.82) is 0 Å². The van der Waals surface area contributed by atoms with Gasteiger partial charge in [-0.2, -0.15) is 0 Å². The van der Waals surface area contributed by atoms with Crippen LogP contribution in [0, 0.1) is 0 Å². The van der Waals surface area contributed by atoms with Crippen molar-refractivity contribution in [3.63, 3.8) is 0 Å². The number of amides is 1. The Morgan fingerprint density at radius 1 is 1.08 bits per heavy atom. The van der Waals surface area contributed by atoms with E-state index < -0.39 is 6.09 Å². The van der Waals surface area contributed by atoms with Crippen molar-refractivity contribution in [1.82, 2.24) is 5.32 Å². The van der Waals surface area contributed by atoms with E-state index in [0.717, 1.165) is 25.1 Å². The molecule has 1 saturated heterocycles. The van der Waals surface area contributed by atoms with E-state index in [2.05, 4.69) is 16.7 Å². The van der Waals surface area contributed by atoms with Crippen molar-refractivity contribution >= 4 is 24.2 Å². The molecular weight excluding hydrogens is 336 g/mol. The second-order valence-electron chi connectivity index (χ2n) is 6.55. The third kappa shape index (κ3) is 3.80. The molecule has 2 aromatic rings. The first kappa shape index (κ1) is 17.8. The highest BCUT2D eigenvalue weighted by molar-refractivity contribution is 5.86. The Labute approximate surface area is 154 Å². The average molecular weight is 359 g/mol. The molecule has 25 heavy (non-hydrogen) atoms. The van der Waals surface area contributed by atoms with Crippen LogP contribution in [-0.2, 0) is 6.42 Å². The zero-order chi connectivity index (χ0) is 16.4. The van der Waals surface area contributed by atoms with Gasteiger partial charge < -0.3 is 10.1 Å². The summed E-state index contributed by atoms with van der Waals surface area (Å²) < 4.78 is 5.63. The van der Waals surface area contributed by atoms with Crippen LogP contribution in [0.25, 0.3) is 0 Å². The Hall–Kier alpha value is -2.04. The summed E-state index contributed by atoms with van der Waals surface area (Å²) in [6.07, 6.45) is 4.06. The van der Waals surface area contributed by atoms with Crippen molar-refractivity contribution in [3.05, 3.63) is 59.7 Å². The smallest absolute Gasteiger partial charge is 0.410 e. The molecule has 132 valence electrons. The van der Waals surface area contributed by atoms with Crippen molar-refractivity contribution in [3.8, 4) is 5.75 Å². The molecule has 2 aliphatic rings. The molecule has 0 unspecified atom stereocenters. The zero-order valence-electron chi connectivity index (χ0n) is 14.0. The van der Waals surface area contributed by atoms with Gasteiger partial charge in [0.05, 0.1) is 0 Å². The van der Waals surface area contributed by atoms with Crippen molar-refractivity contribution < 1.29 is 9.53 Å². The highest BCUT2D eigenvalue weighted by atomic mass is 35.5. The van der Waals surface area contributed by atoms with Crippen molar-refractivity contribution in [2.24, 2.45) is 0 Å². The predicted molar refractivity (Wildman–Crippen MR) is 102 cm³/mol. The fourth-order valence-electron chi connectivity index (χ4n) is 3.99. The molecule has 1 heterocycles. The summed E-state index contributed by atoms with van der Waals surface area (Å²) in [4.78, 5) is 12.2. The quantitative estimate of drug-likeness (QED) is 0.830. The van der Waals surface area contributed by atoms with Crippen LogP contribution in [0.1, 0.15) is 36.3 Å². The molecule has 5 heteroatoms. The Balaban J connectivity index is 0.00000182. The first-order chi connectivity index (χ1) is 11.8. The molecule has 1 aliphatic heterocycles. The maximum Gasteiger partial charge on any atom is 0.417 e. The fourth-order valence-corrected chi connectivity index (χ4v) is 3.99. The number of fused-ring (bicyclic) bond motifs is 3. The van der Waals surface area contributed by atoms with Crippen molar-refractivity contribution in [2.45, 2.75) is 37.6 Å². The number of hydrogen-bond donors (Lipinski definition) is 2. The largest absolute Gasteiger partial charge is 0.417 e. The van der Waals surface area contributed by atoms with Crippen LogP contribution in [0.4, 0.5) is 10.5 Å². The van der Waals surface area contributed by atoms with Gasteiger partial charge in [0, 0.05) is 11.7 Å². The normalized spacial score (nSPS) is 21.3. The number of carbonyl (C=O) groups excluding carboxylic acids is 1. The fraction of sp³-hybridized carbons (Fsp3) is 0.350. The molecule has 0 bridgehead atoms. The minimum atomic E-state index is -0.432. The molecule has 2 atom stereocenters. The van der Waals surface area contributed by atoms with Crippen LogP contribution < -0.4 is 15.4 Å². The van der Waals surface area contributed by atoms with Gasteiger partial charge in [0.2, 0.25) is 0 Å². The number of rotatable bonds is 2. The zero-order valence-corrected chi connectivity index (χ0v) is 14.9. The van der Waals surface area contributed by atoms with E-state index in [0.29, 0.717) is 17.7 Å². The molecule has 0 aromatic heterocycles. The van der Waals surface area contributed by atoms with E-state index in [1.54, 1.807) is 0 Å². The van der Waals surface area contributed by atoms with Gasteiger partial charge in [-0.3, -0.25) is 5.32 Å². The van der Waals surface area contributed by atoms with E-state index in [9.17, 15) is 4.79 Å². The van der Waals surface area contributed by atoms with Crippen LogP contribution in [-0.4, -0.2) is 18.7 Å². The standard InChI is InChI=1S/C20H22N2O2.ClH/c23-20(22-14-6-2-1-3-7-14)24-19-10-4-8-15-16-9-5-13-21-18(16)12-11-17(15)19;/h1-4,6-8,10,16,18,21H,5,9,11-13H2,(H,22,23);1H/t16-,18-;/m0./s1. The highest BCUT2D eigenvalue weighted by Crippen LogP contribution is 2.40. The van der Waals surface area contributed by atoms with Gasteiger partial charge in [-0.25, -0.2) is 4.79 Å². The van der Waals surface area contributed by atoms with Crippen LogP contribution in [0.5, 0.6) is 5.75 Å². The summed E-state index contributed by atoms with van der Waals surface area (Å²) in [5, 5.41) is 6.41. The van der Waals surface area contributed by atoms with Crippen LogP contribution in [0.15, 0.2) is 48.5 Å². The predicted octanol–water partition coefficient (Wildman–Crippen LogP) is 4.50. The Morgan fingerprint density at radius 2 is 1.92 bits per heavy atom. The second-order valence-corrected chi connectivity index (χ2v) is 6.55. The molecular formula is C20H23ClN2O2. The summed E-state index contributed by atoms with van der Waals surface area (Å²) in [7, 11) is 0. The monoisotopic (exact) mass is 358 g/mol. The summed E-state index contributed by atoms with van der Waals surface area (Å²) in [5.74, 6) is 1.24. The maximum atomic E-state index is 12.2. The second kappa shape index (κ2) is 7.89. The van der Waals surface area contributed by atoms with E-state index in [4.69, 9.17) is 4.74 Å². The first-order valence-electron chi connectivity index (χ1n) is 8.70. The number of nitrogens with one attached hydrogen (secondary N) is 2. The average Bonchev–Trinajstić information content (AvgIpc) is 2.62. The topological polar surface area (TPSA) is 50.4 Å².